The summed E-state index contributed by atoms with van der Waals surface area (Å²) in [6.45, 7) is 0.541. The smallest absolute Gasteiger partial charge is 0.387 e. The molecule has 6 nitrogen and oxygen atoms in total. The number of piperidine rings is 1. The SMILES string of the molecule is O=[N+]([O-])c1ccc(NCCN2CCCCC2)cc1OC(F)F. The number of nitrogens with one attached hydrogen (secondary N) is 1. The summed E-state index contributed by atoms with van der Waals surface area (Å²) in [5, 5.41) is 13.9. The number of ether oxygens (including phenoxy) is 1. The second-order valence-corrected chi connectivity index (χ2v) is 5.15. The van der Waals surface area contributed by atoms with Crippen molar-refractivity contribution in [3.05, 3.63) is 28.3 Å². The lowest BCUT2D eigenvalue weighted by molar-refractivity contribution is -0.386. The molecule has 8 heteroatoms. The highest BCUT2D eigenvalue weighted by Crippen LogP contribution is 2.31. The predicted octanol–water partition coefficient (Wildman–Crippen LogP) is 3.09. The first kappa shape index (κ1) is 16.4. The standard InChI is InChI=1S/C14H19F2N3O3/c15-14(16)22-13-10-11(4-5-12(13)19(20)21)17-6-9-18-7-2-1-3-8-18/h4-5,10,14,17H,1-3,6-9H2. The van der Waals surface area contributed by atoms with Crippen LogP contribution in [0.5, 0.6) is 5.75 Å². The third-order valence-electron chi connectivity index (χ3n) is 3.58. The molecule has 122 valence electrons. The number of benzene rings is 1. The van der Waals surface area contributed by atoms with Crippen molar-refractivity contribution in [2.75, 3.05) is 31.5 Å². The maximum atomic E-state index is 12.3. The van der Waals surface area contributed by atoms with Gasteiger partial charge in [0, 0.05) is 30.9 Å². The van der Waals surface area contributed by atoms with Gasteiger partial charge in [0.1, 0.15) is 0 Å². The van der Waals surface area contributed by atoms with Gasteiger partial charge in [0.25, 0.3) is 0 Å². The molecule has 1 aliphatic heterocycles. The lowest BCUT2D eigenvalue weighted by Gasteiger charge is -2.26. The monoisotopic (exact) mass is 315 g/mol. The molecule has 0 radical (unpaired) electrons. The molecule has 1 saturated heterocycles. The normalized spacial score (nSPS) is 15.8. The van der Waals surface area contributed by atoms with Crippen LogP contribution in [0.2, 0.25) is 0 Å². The van der Waals surface area contributed by atoms with Gasteiger partial charge in [-0.15, -0.1) is 0 Å². The molecule has 0 aliphatic carbocycles. The first-order valence-corrected chi connectivity index (χ1v) is 7.26. The van der Waals surface area contributed by atoms with Crippen LogP contribution in [0, 0.1) is 10.1 Å². The molecule has 1 N–H and O–H groups in total. The summed E-state index contributed by atoms with van der Waals surface area (Å²) in [7, 11) is 0. The van der Waals surface area contributed by atoms with E-state index < -0.39 is 23.0 Å². The van der Waals surface area contributed by atoms with Crippen LogP contribution in [0.15, 0.2) is 18.2 Å². The fourth-order valence-corrected chi connectivity index (χ4v) is 2.51. The summed E-state index contributed by atoms with van der Waals surface area (Å²) in [5.41, 5.74) is 0.0557. The number of nitrogens with zero attached hydrogens (tertiary/aromatic N) is 2. The van der Waals surface area contributed by atoms with Crippen LogP contribution >= 0.6 is 0 Å². The van der Waals surface area contributed by atoms with Crippen molar-refractivity contribution >= 4 is 11.4 Å². The maximum absolute atomic E-state index is 12.3. The number of halogens is 2. The molecule has 0 atom stereocenters. The molecule has 1 aromatic rings. The molecular formula is C14H19F2N3O3. The molecular weight excluding hydrogens is 296 g/mol. The van der Waals surface area contributed by atoms with Gasteiger partial charge >= 0.3 is 12.3 Å². The zero-order valence-electron chi connectivity index (χ0n) is 12.1. The van der Waals surface area contributed by atoms with Gasteiger partial charge in [0.2, 0.25) is 5.75 Å². The van der Waals surface area contributed by atoms with Crippen LogP contribution < -0.4 is 10.1 Å². The number of nitro groups is 1. The van der Waals surface area contributed by atoms with Crippen molar-refractivity contribution in [3.63, 3.8) is 0 Å². The summed E-state index contributed by atoms with van der Waals surface area (Å²) in [5.74, 6) is -0.428. The van der Waals surface area contributed by atoms with E-state index in [1.54, 1.807) is 0 Å². The maximum Gasteiger partial charge on any atom is 0.387 e. The molecule has 0 amide bonds. The van der Waals surface area contributed by atoms with E-state index in [2.05, 4.69) is 15.0 Å². The first-order chi connectivity index (χ1) is 10.6. The van der Waals surface area contributed by atoms with Gasteiger partial charge in [-0.2, -0.15) is 8.78 Å². The lowest BCUT2D eigenvalue weighted by Crippen LogP contribution is -2.33. The Morgan fingerprint density at radius 2 is 2.05 bits per heavy atom. The second-order valence-electron chi connectivity index (χ2n) is 5.15. The van der Waals surface area contributed by atoms with Crippen molar-refractivity contribution in [2.45, 2.75) is 25.9 Å². The molecule has 1 heterocycles. The summed E-state index contributed by atoms with van der Waals surface area (Å²) in [4.78, 5) is 12.4. The topological polar surface area (TPSA) is 67.6 Å². The van der Waals surface area contributed by atoms with Crippen LogP contribution in [-0.4, -0.2) is 42.6 Å². The van der Waals surface area contributed by atoms with Gasteiger partial charge in [-0.05, 0) is 32.0 Å². The van der Waals surface area contributed by atoms with E-state index in [4.69, 9.17) is 0 Å². The van der Waals surface area contributed by atoms with Crippen molar-refractivity contribution in [1.29, 1.82) is 0 Å². The summed E-state index contributed by atoms with van der Waals surface area (Å²) in [6.07, 6.45) is 3.66. The zero-order chi connectivity index (χ0) is 15.9. The van der Waals surface area contributed by atoms with E-state index in [0.29, 0.717) is 12.2 Å². The molecule has 0 saturated carbocycles. The molecule has 1 aromatic carbocycles. The number of anilines is 1. The molecule has 2 rings (SSSR count). The van der Waals surface area contributed by atoms with Crippen LogP contribution in [0.3, 0.4) is 0 Å². The van der Waals surface area contributed by atoms with Crippen LogP contribution in [-0.2, 0) is 0 Å². The Bertz CT molecular complexity index is 508. The molecule has 1 aliphatic rings. The largest absolute Gasteiger partial charge is 0.427 e. The van der Waals surface area contributed by atoms with Gasteiger partial charge in [0.05, 0.1) is 4.92 Å². The minimum absolute atomic E-state index is 0.428. The van der Waals surface area contributed by atoms with E-state index in [1.807, 2.05) is 0 Å². The minimum atomic E-state index is -3.10. The van der Waals surface area contributed by atoms with Gasteiger partial charge in [-0.1, -0.05) is 6.42 Å². The van der Waals surface area contributed by atoms with Crippen LogP contribution in [0.1, 0.15) is 19.3 Å². The minimum Gasteiger partial charge on any atom is -0.427 e. The van der Waals surface area contributed by atoms with Gasteiger partial charge < -0.3 is 15.0 Å². The van der Waals surface area contributed by atoms with Crippen LogP contribution in [0.25, 0.3) is 0 Å². The highest BCUT2D eigenvalue weighted by molar-refractivity contribution is 5.58. The van der Waals surface area contributed by atoms with Gasteiger partial charge in [-0.25, -0.2) is 0 Å². The number of likely N-dealkylation sites (tertiary alicyclic amines) is 1. The highest BCUT2D eigenvalue weighted by atomic mass is 19.3. The number of alkyl halides is 2. The lowest BCUT2D eigenvalue weighted by atomic mass is 10.1. The van der Waals surface area contributed by atoms with E-state index in [9.17, 15) is 18.9 Å². The van der Waals surface area contributed by atoms with E-state index in [1.165, 1.54) is 37.5 Å². The fourth-order valence-electron chi connectivity index (χ4n) is 2.51. The van der Waals surface area contributed by atoms with E-state index >= 15 is 0 Å². The highest BCUT2D eigenvalue weighted by Gasteiger charge is 2.19. The Balaban J connectivity index is 1.94. The first-order valence-electron chi connectivity index (χ1n) is 7.26. The number of rotatable bonds is 7. The Morgan fingerprint density at radius 1 is 1.32 bits per heavy atom. The molecule has 0 aromatic heterocycles. The molecule has 1 fully saturated rings. The average Bonchev–Trinajstić information content (AvgIpc) is 2.47. The summed E-state index contributed by atoms with van der Waals surface area (Å²) >= 11 is 0. The third-order valence-corrected chi connectivity index (χ3v) is 3.58. The van der Waals surface area contributed by atoms with E-state index in [0.717, 1.165) is 19.6 Å². The van der Waals surface area contributed by atoms with Crippen LogP contribution in [0.4, 0.5) is 20.2 Å². The molecule has 0 spiro atoms. The van der Waals surface area contributed by atoms with Gasteiger partial charge in [0.15, 0.2) is 0 Å². The number of hydrogen-bond donors (Lipinski definition) is 1. The number of nitro benzene ring substituents is 1. The Hall–Kier alpha value is -1.96. The third kappa shape index (κ3) is 4.80. The predicted molar refractivity (Wildman–Crippen MR) is 78.5 cm³/mol. The number of hydrogen-bond acceptors (Lipinski definition) is 5. The average molecular weight is 315 g/mol. The van der Waals surface area contributed by atoms with E-state index in [-0.39, 0.29) is 0 Å². The van der Waals surface area contributed by atoms with Crippen molar-refractivity contribution in [3.8, 4) is 5.75 Å². The molecule has 0 unspecified atom stereocenters. The fraction of sp³-hybridized carbons (Fsp3) is 0.571. The van der Waals surface area contributed by atoms with Crippen molar-refractivity contribution in [2.24, 2.45) is 0 Å². The molecule has 0 bridgehead atoms. The Labute approximate surface area is 127 Å². The summed E-state index contributed by atoms with van der Waals surface area (Å²) < 4.78 is 28.9. The second kappa shape index (κ2) is 7.88. The Kier molecular flexibility index (Phi) is 5.88. The van der Waals surface area contributed by atoms with Gasteiger partial charge in [-0.3, -0.25) is 10.1 Å². The quantitative estimate of drug-likeness (QED) is 0.618. The summed E-state index contributed by atoms with van der Waals surface area (Å²) in [6, 6.07) is 3.90. The van der Waals surface area contributed by atoms with Crippen molar-refractivity contribution < 1.29 is 18.4 Å². The Morgan fingerprint density at radius 3 is 2.68 bits per heavy atom. The zero-order valence-corrected chi connectivity index (χ0v) is 12.1. The van der Waals surface area contributed by atoms with Crippen molar-refractivity contribution in [1.82, 2.24) is 4.90 Å². The molecule has 22 heavy (non-hydrogen) atoms.